The zero-order valence-electron chi connectivity index (χ0n) is 45.0. The molecule has 76 heavy (non-hydrogen) atoms. The summed E-state index contributed by atoms with van der Waals surface area (Å²) in [5, 5.41) is 8.55. The molecule has 7 heterocycles. The van der Waals surface area contributed by atoms with E-state index in [-0.39, 0.29) is 37.4 Å². The van der Waals surface area contributed by atoms with Gasteiger partial charge < -0.3 is 34.1 Å². The maximum atomic E-state index is 14.9. The molecule has 20 heteroatoms. The van der Waals surface area contributed by atoms with Crippen molar-refractivity contribution in [2.75, 3.05) is 64.9 Å². The molecule has 3 aromatic heterocycles. The largest absolute Gasteiger partial charge is 0.464 e. The molecule has 5 fully saturated rings. The van der Waals surface area contributed by atoms with Gasteiger partial charge in [-0.2, -0.15) is 0 Å². The highest BCUT2D eigenvalue weighted by atomic mass is 32.2. The first-order valence-corrected chi connectivity index (χ1v) is 29.9. The number of aromatic nitrogens is 3. The summed E-state index contributed by atoms with van der Waals surface area (Å²) in [6.45, 7) is 19.1. The third-order valence-corrected chi connectivity index (χ3v) is 20.4. The minimum Gasteiger partial charge on any atom is -0.464 e. The van der Waals surface area contributed by atoms with Crippen molar-refractivity contribution in [1.82, 2.24) is 45.0 Å². The molecule has 1 aromatic carbocycles. The van der Waals surface area contributed by atoms with E-state index in [1.807, 2.05) is 25.4 Å². The molecule has 2 saturated carbocycles. The number of aryl methyl sites for hydroxylation is 1. The Hall–Kier alpha value is -5.41. The molecule has 1 unspecified atom stereocenters. The smallest absolute Gasteiger partial charge is 0.324 e. The molecule has 408 valence electrons. The van der Waals surface area contributed by atoms with Gasteiger partial charge in [-0.1, -0.05) is 40.3 Å². The third-order valence-electron chi connectivity index (χ3n) is 17.8. The molecule has 4 aliphatic heterocycles. The molecule has 3 aliphatic carbocycles. The van der Waals surface area contributed by atoms with Gasteiger partial charge in [0, 0.05) is 122 Å². The molecular weight excluding hydrogens is 1000 g/mol. The van der Waals surface area contributed by atoms with Gasteiger partial charge in [0.2, 0.25) is 5.91 Å². The number of carbonyl (C=O) groups is 4. The van der Waals surface area contributed by atoms with Gasteiger partial charge in [-0.05, 0) is 88.0 Å². The number of nitrogens with zero attached hydrogens (tertiary/aromatic N) is 8. The van der Waals surface area contributed by atoms with Gasteiger partial charge in [0.15, 0.2) is 9.84 Å². The standard InChI is InChI=1S/C56H74N10O8S2/c1-9-64-43-17-14-34-25-38(43)45-46(50(73-8)47-39(49(45)64)26-36(30-57-47)63-23-21-62(22-24-63)35-15-16-35)55(5,6)32-74-53(69)40-13-11-20-66(60-40)52(68)41(27-44-58-42(34)31-75-44)59-51(67)48(33(3)4)61(7)54(70)65-19-12-18-56(65)28-37(29-56)76(71,72)10-2/h10,14,17,25-26,30-31,33,35,37,40-41,46,48,50,60H,2,9,11-13,15-16,18-24,27-29,32H2,1,3-8H3,(H,59,67)/t37?,40-,41-,46?,48-,50-,56?/m0/s1. The number of fused-ring (bicyclic) bond motifs is 8. The molecule has 5 atom stereocenters. The number of anilines is 1. The van der Waals surface area contributed by atoms with Crippen LogP contribution in [-0.2, 0) is 46.7 Å². The first-order chi connectivity index (χ1) is 36.4. The Bertz CT molecular complexity index is 3060. The summed E-state index contributed by atoms with van der Waals surface area (Å²) in [6, 6.07) is 6.22. The third kappa shape index (κ3) is 9.20. The van der Waals surface area contributed by atoms with Gasteiger partial charge in [-0.15, -0.1) is 11.3 Å². The number of rotatable bonds is 10. The fourth-order valence-electron chi connectivity index (χ4n) is 13.6. The number of hydrogen-bond donors (Lipinski definition) is 2. The Kier molecular flexibility index (Phi) is 13.9. The Morgan fingerprint density at radius 3 is 2.53 bits per heavy atom. The van der Waals surface area contributed by atoms with E-state index in [9.17, 15) is 27.6 Å². The number of likely N-dealkylation sites (N-methyl/N-ethyl adjacent to an activating group) is 1. The van der Waals surface area contributed by atoms with Crippen molar-refractivity contribution < 1.29 is 37.1 Å². The number of pyridine rings is 1. The Morgan fingerprint density at radius 2 is 1.83 bits per heavy atom. The number of hydrazine groups is 1. The van der Waals surface area contributed by atoms with Crippen LogP contribution in [0, 0.1) is 11.3 Å². The number of esters is 1. The van der Waals surface area contributed by atoms with E-state index >= 15 is 0 Å². The van der Waals surface area contributed by atoms with Crippen molar-refractivity contribution in [3.05, 3.63) is 64.1 Å². The second-order valence-electron chi connectivity index (χ2n) is 23.4. The van der Waals surface area contributed by atoms with Gasteiger partial charge in [0.1, 0.15) is 24.2 Å². The zero-order valence-corrected chi connectivity index (χ0v) is 46.7. The van der Waals surface area contributed by atoms with Crippen LogP contribution in [0.3, 0.4) is 0 Å². The minimum absolute atomic E-state index is 0.0524. The molecule has 18 nitrogen and oxygen atoms in total. The lowest BCUT2D eigenvalue weighted by atomic mass is 9.67. The van der Waals surface area contributed by atoms with Crippen molar-refractivity contribution in [1.29, 1.82) is 0 Å². The first-order valence-electron chi connectivity index (χ1n) is 27.4. The van der Waals surface area contributed by atoms with Gasteiger partial charge in [0.25, 0.3) is 5.91 Å². The molecule has 7 aliphatic rings. The minimum atomic E-state index is -3.49. The number of benzene rings is 1. The predicted octanol–water partition coefficient (Wildman–Crippen LogP) is 6.65. The van der Waals surface area contributed by atoms with Gasteiger partial charge >= 0.3 is 12.0 Å². The monoisotopic (exact) mass is 1080 g/mol. The van der Waals surface area contributed by atoms with Crippen molar-refractivity contribution >= 4 is 61.6 Å². The number of cyclic esters (lactones) is 1. The Labute approximate surface area is 450 Å². The number of likely N-dealkylation sites (tertiary alicyclic amines) is 1. The Morgan fingerprint density at radius 1 is 1.07 bits per heavy atom. The number of carbonyl (C=O) groups excluding carboxylic acids is 4. The van der Waals surface area contributed by atoms with Gasteiger partial charge in [-0.25, -0.2) is 23.6 Å². The van der Waals surface area contributed by atoms with Crippen LogP contribution in [0.5, 0.6) is 0 Å². The van der Waals surface area contributed by atoms with Crippen molar-refractivity contribution in [2.45, 2.75) is 146 Å². The number of hydrogen-bond acceptors (Lipinski definition) is 14. The second-order valence-corrected chi connectivity index (χ2v) is 26.5. The fraction of sp³-hybridized carbons (Fsp3) is 0.607. The van der Waals surface area contributed by atoms with E-state index in [4.69, 9.17) is 19.4 Å². The number of nitrogens with one attached hydrogen (secondary N) is 2. The van der Waals surface area contributed by atoms with Gasteiger partial charge in [-0.3, -0.25) is 29.3 Å². The summed E-state index contributed by atoms with van der Waals surface area (Å²) >= 11 is 1.41. The van der Waals surface area contributed by atoms with Crippen LogP contribution in [0.2, 0.25) is 0 Å². The number of ether oxygens (including phenoxy) is 2. The molecule has 4 amide bonds. The molecule has 2 N–H and O–H groups in total. The summed E-state index contributed by atoms with van der Waals surface area (Å²) < 4.78 is 40.6. The molecule has 1 spiro atoms. The van der Waals surface area contributed by atoms with Crippen LogP contribution in [0.25, 0.3) is 33.4 Å². The van der Waals surface area contributed by atoms with E-state index in [2.05, 4.69) is 76.7 Å². The number of sulfone groups is 1. The SMILES string of the molecule is C=CS(=O)(=O)C1CC2(CCCN2C(=O)N(C)[C@H](C(=O)N[C@H]2Cc3nc(cs3)-c3ccc4c(c3)c3c(n4CC)-c4cc(N5CCN(C6CC6)CC5)cnc4[C@@H](OC)C3C(C)(C)COC(=O)[C@@H]3CCCN(N3)C2=O)C(C)C)C1. The summed E-state index contributed by atoms with van der Waals surface area (Å²) in [7, 11) is -0.145. The highest BCUT2D eigenvalue weighted by molar-refractivity contribution is 7.94. The number of amides is 4. The van der Waals surface area contributed by atoms with Crippen LogP contribution < -0.4 is 15.6 Å². The van der Waals surface area contributed by atoms with E-state index in [1.165, 1.54) is 34.1 Å². The lowest BCUT2D eigenvalue weighted by Crippen LogP contribution is -2.64. The van der Waals surface area contributed by atoms with Crippen molar-refractivity contribution in [3.63, 3.8) is 0 Å². The molecule has 3 saturated heterocycles. The summed E-state index contributed by atoms with van der Waals surface area (Å²) in [6.07, 6.45) is 7.18. The number of urea groups is 1. The maximum Gasteiger partial charge on any atom is 0.324 e. The van der Waals surface area contributed by atoms with E-state index in [0.29, 0.717) is 50.2 Å². The number of thiazole rings is 1. The topological polar surface area (TPSA) is 192 Å². The predicted molar refractivity (Wildman–Crippen MR) is 292 cm³/mol. The van der Waals surface area contributed by atoms with Crippen molar-refractivity contribution in [2.24, 2.45) is 11.3 Å². The quantitative estimate of drug-likeness (QED) is 0.161. The number of piperazine rings is 1. The Balaban J connectivity index is 0.940. The second kappa shape index (κ2) is 20.1. The lowest BCUT2D eigenvalue weighted by Gasteiger charge is -2.51. The number of methoxy groups -OCH3 is 1. The highest BCUT2D eigenvalue weighted by Crippen LogP contribution is 2.58. The zero-order chi connectivity index (χ0) is 53.6. The fourth-order valence-corrected chi connectivity index (χ4v) is 15.8. The average Bonchev–Trinajstić information content (AvgIpc) is 3.99. The van der Waals surface area contributed by atoms with Crippen LogP contribution in [0.15, 0.2) is 47.8 Å². The van der Waals surface area contributed by atoms with Crippen LogP contribution in [-0.4, -0.2) is 161 Å². The molecule has 4 aromatic rings. The van der Waals surface area contributed by atoms with E-state index in [1.54, 1.807) is 19.1 Å². The summed E-state index contributed by atoms with van der Waals surface area (Å²) in [5.74, 6) is -2.08. The highest BCUT2D eigenvalue weighted by Gasteiger charge is 2.57. The normalized spacial score (nSPS) is 27.2. The molecule has 11 rings (SSSR count). The van der Waals surface area contributed by atoms with E-state index < -0.39 is 68.1 Å². The molecule has 6 bridgehead atoms. The first kappa shape index (κ1) is 52.6. The average molecular weight is 1080 g/mol. The van der Waals surface area contributed by atoms with Gasteiger partial charge in [0.05, 0.1) is 45.8 Å². The van der Waals surface area contributed by atoms with Crippen LogP contribution >= 0.6 is 11.3 Å². The summed E-state index contributed by atoms with van der Waals surface area (Å²) in [4.78, 5) is 77.1. The van der Waals surface area contributed by atoms with Crippen molar-refractivity contribution in [3.8, 4) is 22.5 Å². The van der Waals surface area contributed by atoms with E-state index in [0.717, 1.165) is 94.4 Å². The lowest BCUT2D eigenvalue weighted by molar-refractivity contribution is -0.156. The van der Waals surface area contributed by atoms with Crippen LogP contribution in [0.1, 0.15) is 114 Å². The maximum absolute atomic E-state index is 14.9. The summed E-state index contributed by atoms with van der Waals surface area (Å²) in [5.41, 5.74) is 9.78. The molecular formula is C56H74N10O8S2. The molecule has 0 radical (unpaired) electrons. The van der Waals surface area contributed by atoms with Crippen LogP contribution in [0.4, 0.5) is 10.5 Å².